The smallest absolute Gasteiger partial charge is 0.201 e. The number of aryl methyl sites for hydroxylation is 1. The summed E-state index contributed by atoms with van der Waals surface area (Å²) in [6, 6.07) is 9.79. The Morgan fingerprint density at radius 1 is 0.960 bits per heavy atom. The fraction of sp³-hybridized carbons (Fsp3) is 0.455. The molecule has 1 aliphatic heterocycles. The summed E-state index contributed by atoms with van der Waals surface area (Å²) in [6.07, 6.45) is 6.57. The summed E-state index contributed by atoms with van der Waals surface area (Å²) in [5, 5.41) is 0. The molecule has 2 aliphatic rings. The van der Waals surface area contributed by atoms with Gasteiger partial charge in [0.25, 0.3) is 0 Å². The number of hydrogen-bond acceptors (Lipinski definition) is 1. The van der Waals surface area contributed by atoms with E-state index < -0.39 is 11.6 Å². The number of halogens is 2. The van der Waals surface area contributed by atoms with Crippen LogP contribution in [0.15, 0.2) is 30.3 Å². The number of benzene rings is 2. The zero-order valence-electron chi connectivity index (χ0n) is 14.7. The molecule has 1 fully saturated rings. The Kier molecular flexibility index (Phi) is 4.49. The van der Waals surface area contributed by atoms with Crippen LogP contribution in [0.25, 0.3) is 11.1 Å². The van der Waals surface area contributed by atoms with Gasteiger partial charge in [-0.2, -0.15) is 4.39 Å². The molecule has 132 valence electrons. The third kappa shape index (κ3) is 3.17. The maximum atomic E-state index is 14.5. The molecule has 25 heavy (non-hydrogen) atoms. The first-order chi connectivity index (χ1) is 12.1. The van der Waals surface area contributed by atoms with Gasteiger partial charge < -0.3 is 4.74 Å². The van der Waals surface area contributed by atoms with E-state index in [2.05, 4.69) is 19.1 Å². The molecule has 0 atom stereocenters. The van der Waals surface area contributed by atoms with Gasteiger partial charge in [0.1, 0.15) is 0 Å². The first-order valence-electron chi connectivity index (χ1n) is 9.37. The van der Waals surface area contributed by atoms with Crippen molar-refractivity contribution in [3.63, 3.8) is 0 Å². The lowest BCUT2D eigenvalue weighted by molar-refractivity contribution is 0.268. The molecule has 0 saturated heterocycles. The molecular formula is C22H24F2O. The zero-order valence-corrected chi connectivity index (χ0v) is 14.7. The van der Waals surface area contributed by atoms with Crippen LogP contribution in [0.3, 0.4) is 0 Å². The highest BCUT2D eigenvalue weighted by atomic mass is 19.2. The maximum absolute atomic E-state index is 14.5. The number of hydrogen-bond donors (Lipinski definition) is 0. The Morgan fingerprint density at radius 2 is 1.68 bits per heavy atom. The first-order valence-corrected chi connectivity index (χ1v) is 9.37. The summed E-state index contributed by atoms with van der Waals surface area (Å²) >= 11 is 0. The van der Waals surface area contributed by atoms with Crippen LogP contribution < -0.4 is 4.74 Å². The molecule has 0 amide bonds. The standard InChI is InChI=1S/C22H24F2O/c1-14-4-6-15(7-5-14)16-8-10-17(11-9-16)19-13-18-3-2-12-25-22(18)21(24)20(19)23/h8-11,13-15H,2-7,12H2,1H3. The maximum Gasteiger partial charge on any atom is 0.201 e. The molecule has 1 aliphatic carbocycles. The SMILES string of the molecule is CC1CCC(c2ccc(-c3cc4c(c(F)c3F)OCCC4)cc2)CC1. The normalized spacial score (nSPS) is 23.0. The minimum Gasteiger partial charge on any atom is -0.490 e. The van der Waals surface area contributed by atoms with Crippen molar-refractivity contribution in [3.8, 4) is 16.9 Å². The third-order valence-electron chi connectivity index (χ3n) is 5.78. The van der Waals surface area contributed by atoms with Gasteiger partial charge in [0, 0.05) is 5.56 Å². The topological polar surface area (TPSA) is 9.23 Å². The van der Waals surface area contributed by atoms with Crippen molar-refractivity contribution in [1.82, 2.24) is 0 Å². The second-order valence-electron chi connectivity index (χ2n) is 7.57. The van der Waals surface area contributed by atoms with Crippen molar-refractivity contribution in [3.05, 3.63) is 53.1 Å². The molecular weight excluding hydrogens is 318 g/mol. The second kappa shape index (κ2) is 6.78. The van der Waals surface area contributed by atoms with Gasteiger partial charge in [-0.15, -0.1) is 0 Å². The van der Waals surface area contributed by atoms with Crippen molar-refractivity contribution in [2.24, 2.45) is 5.92 Å². The molecule has 0 aromatic heterocycles. The summed E-state index contributed by atoms with van der Waals surface area (Å²) in [7, 11) is 0. The van der Waals surface area contributed by atoms with Crippen LogP contribution in [0.5, 0.6) is 5.75 Å². The van der Waals surface area contributed by atoms with Crippen molar-refractivity contribution in [1.29, 1.82) is 0 Å². The van der Waals surface area contributed by atoms with Crippen LogP contribution in [0.2, 0.25) is 0 Å². The average molecular weight is 342 g/mol. The second-order valence-corrected chi connectivity index (χ2v) is 7.57. The molecule has 0 radical (unpaired) electrons. The molecule has 1 nitrogen and oxygen atoms in total. The lowest BCUT2D eigenvalue weighted by Gasteiger charge is -2.26. The zero-order chi connectivity index (χ0) is 17.4. The highest BCUT2D eigenvalue weighted by molar-refractivity contribution is 5.67. The summed E-state index contributed by atoms with van der Waals surface area (Å²) in [4.78, 5) is 0. The Labute approximate surface area is 148 Å². The van der Waals surface area contributed by atoms with E-state index in [9.17, 15) is 8.78 Å². The molecule has 0 spiro atoms. The van der Waals surface area contributed by atoms with Crippen molar-refractivity contribution in [2.75, 3.05) is 6.61 Å². The average Bonchev–Trinajstić information content (AvgIpc) is 2.65. The molecule has 3 heteroatoms. The number of ether oxygens (including phenoxy) is 1. The van der Waals surface area contributed by atoms with Crippen LogP contribution in [0, 0.1) is 17.6 Å². The Hall–Kier alpha value is -1.90. The largest absolute Gasteiger partial charge is 0.490 e. The van der Waals surface area contributed by atoms with E-state index in [0.29, 0.717) is 18.1 Å². The van der Waals surface area contributed by atoms with E-state index in [4.69, 9.17) is 4.74 Å². The number of fused-ring (bicyclic) bond motifs is 1. The summed E-state index contributed by atoms with van der Waals surface area (Å²) < 4.78 is 34.2. The van der Waals surface area contributed by atoms with E-state index in [1.807, 2.05) is 12.1 Å². The van der Waals surface area contributed by atoms with Gasteiger partial charge in [-0.05, 0) is 60.3 Å². The quantitative estimate of drug-likeness (QED) is 0.627. The molecule has 0 bridgehead atoms. The fourth-order valence-electron chi connectivity index (χ4n) is 4.18. The van der Waals surface area contributed by atoms with Gasteiger partial charge >= 0.3 is 0 Å². The third-order valence-corrected chi connectivity index (χ3v) is 5.78. The molecule has 2 aromatic carbocycles. The Balaban J connectivity index is 1.63. The van der Waals surface area contributed by atoms with Crippen molar-refractivity contribution >= 4 is 0 Å². The van der Waals surface area contributed by atoms with Gasteiger partial charge in [-0.25, -0.2) is 4.39 Å². The van der Waals surface area contributed by atoms with Crippen LogP contribution >= 0.6 is 0 Å². The van der Waals surface area contributed by atoms with Crippen molar-refractivity contribution in [2.45, 2.75) is 51.4 Å². The van der Waals surface area contributed by atoms with E-state index in [0.717, 1.165) is 29.9 Å². The summed E-state index contributed by atoms with van der Waals surface area (Å²) in [6.45, 7) is 2.77. The summed E-state index contributed by atoms with van der Waals surface area (Å²) in [5.41, 5.74) is 3.16. The summed E-state index contributed by atoms with van der Waals surface area (Å²) in [5.74, 6) is -0.132. The minimum atomic E-state index is -0.849. The van der Waals surface area contributed by atoms with Gasteiger partial charge in [-0.3, -0.25) is 0 Å². The van der Waals surface area contributed by atoms with E-state index >= 15 is 0 Å². The predicted molar refractivity (Wildman–Crippen MR) is 96.0 cm³/mol. The van der Waals surface area contributed by atoms with E-state index in [1.54, 1.807) is 6.07 Å². The molecule has 1 heterocycles. The highest BCUT2D eigenvalue weighted by Gasteiger charge is 2.23. The van der Waals surface area contributed by atoms with Crippen molar-refractivity contribution < 1.29 is 13.5 Å². The molecule has 4 rings (SSSR count). The molecule has 2 aromatic rings. The van der Waals surface area contributed by atoms with Crippen LogP contribution in [0.4, 0.5) is 8.78 Å². The number of rotatable bonds is 2. The highest BCUT2D eigenvalue weighted by Crippen LogP contribution is 2.38. The van der Waals surface area contributed by atoms with Crippen LogP contribution in [-0.2, 0) is 6.42 Å². The minimum absolute atomic E-state index is 0.0976. The van der Waals surface area contributed by atoms with E-state index in [-0.39, 0.29) is 5.75 Å². The lowest BCUT2D eigenvalue weighted by atomic mass is 9.79. The monoisotopic (exact) mass is 342 g/mol. The Morgan fingerprint density at radius 3 is 2.40 bits per heavy atom. The van der Waals surface area contributed by atoms with Gasteiger partial charge in [0.2, 0.25) is 5.82 Å². The van der Waals surface area contributed by atoms with Crippen LogP contribution in [0.1, 0.15) is 56.1 Å². The molecule has 0 unspecified atom stereocenters. The first kappa shape index (κ1) is 16.6. The van der Waals surface area contributed by atoms with Gasteiger partial charge in [-0.1, -0.05) is 44.0 Å². The molecule has 1 saturated carbocycles. The van der Waals surface area contributed by atoms with Crippen LogP contribution in [-0.4, -0.2) is 6.61 Å². The predicted octanol–water partition coefficient (Wildman–Crippen LogP) is 6.25. The van der Waals surface area contributed by atoms with Gasteiger partial charge in [0.05, 0.1) is 6.61 Å². The van der Waals surface area contributed by atoms with E-state index in [1.165, 1.54) is 31.2 Å². The fourth-order valence-corrected chi connectivity index (χ4v) is 4.18. The molecule has 0 N–H and O–H groups in total. The van der Waals surface area contributed by atoms with Gasteiger partial charge in [0.15, 0.2) is 11.6 Å². The Bertz CT molecular complexity index is 759. The lowest BCUT2D eigenvalue weighted by Crippen LogP contribution is -2.12.